The van der Waals surface area contributed by atoms with E-state index in [1.54, 1.807) is 38.3 Å². The largest absolute Gasteiger partial charge is 0.447 e. The van der Waals surface area contributed by atoms with Crippen molar-refractivity contribution in [2.45, 2.75) is 150 Å². The number of hydrogen-bond acceptors (Lipinski definition) is 13. The summed E-state index contributed by atoms with van der Waals surface area (Å²) in [5, 5.41) is 22.6. The van der Waals surface area contributed by atoms with Crippen LogP contribution in [0, 0.1) is 19.3 Å². The fraction of sp³-hybridized carbons (Fsp3) is 0.500. The van der Waals surface area contributed by atoms with Crippen molar-refractivity contribution < 1.29 is 33.8 Å². The molecule has 1 aliphatic rings. The Morgan fingerprint density at radius 1 is 0.838 bits per heavy atom. The van der Waals surface area contributed by atoms with Crippen LogP contribution in [0.1, 0.15) is 122 Å². The van der Waals surface area contributed by atoms with E-state index in [0.29, 0.717) is 35.2 Å². The summed E-state index contributed by atoms with van der Waals surface area (Å²) in [6, 6.07) is 11.9. The number of rotatable bonds is 21. The van der Waals surface area contributed by atoms with E-state index < -0.39 is 29.7 Å². The van der Waals surface area contributed by atoms with E-state index in [0.717, 1.165) is 82.4 Å². The standard InChI is InChI=1S/C50H65N9O7S2/c1-30(2)66-49(65)58-45-32(4)51-27-38(54-45)35-22-23-37-40(24-35)68-48(55-37)57-42(62)17-15-13-11-9-8-10-12-14-16-41(61)56-44(50(5,6)7)47(64)59-28-36(60)25-39(59)46(63)52-26-33-18-20-34(21-19-33)43-31(3)53-29-67-43/h18-24,27,29-30,36,39,44,60H,8-17,25-26,28H2,1-7H3,(H,52,63)(H,56,61)(H,54,58,65)(H,55,57,62)/t36-,39+,44-/m1/s1. The SMILES string of the molecule is Cc1ncc(-c2ccc3nc(NC(=O)CCCCCCCCCCC(=O)N[C@H](C(=O)N4C[C@H](O)C[C@H]4C(=O)NCc4ccc(-c5scnc5C)cc4)C(C)(C)C)sc3c2)nc1NC(=O)OC(C)C. The average molecular weight is 968 g/mol. The molecule has 5 N–H and O–H groups in total. The normalized spacial score (nSPS) is 15.3. The van der Waals surface area contributed by atoms with Crippen LogP contribution >= 0.6 is 22.7 Å². The number of likely N-dealkylation sites (tertiary alicyclic amines) is 1. The molecule has 5 aromatic rings. The number of ether oxygens (including phenoxy) is 1. The number of aliphatic hydroxyl groups excluding tert-OH is 1. The molecule has 364 valence electrons. The lowest BCUT2D eigenvalue weighted by Crippen LogP contribution is -2.57. The van der Waals surface area contributed by atoms with Crippen LogP contribution in [0.2, 0.25) is 0 Å². The van der Waals surface area contributed by atoms with Gasteiger partial charge in [0.1, 0.15) is 12.1 Å². The highest BCUT2D eigenvalue weighted by atomic mass is 32.1. The number of aryl methyl sites for hydroxylation is 2. The Morgan fingerprint density at radius 3 is 2.15 bits per heavy atom. The average Bonchev–Trinajstić information content (AvgIpc) is 4.02. The first-order chi connectivity index (χ1) is 32.4. The van der Waals surface area contributed by atoms with E-state index in [4.69, 9.17) is 4.74 Å². The first-order valence-electron chi connectivity index (χ1n) is 23.5. The van der Waals surface area contributed by atoms with Gasteiger partial charge in [-0.25, -0.2) is 19.7 Å². The number of thiazole rings is 2. The number of benzene rings is 2. The Balaban J connectivity index is 0.855. The molecule has 18 heteroatoms. The third-order valence-electron chi connectivity index (χ3n) is 11.7. The zero-order valence-electron chi connectivity index (χ0n) is 40.1. The summed E-state index contributed by atoms with van der Waals surface area (Å²) in [4.78, 5) is 85.9. The van der Waals surface area contributed by atoms with E-state index >= 15 is 0 Å². The second-order valence-corrected chi connectivity index (χ2v) is 20.7. The topological polar surface area (TPSA) is 218 Å². The van der Waals surface area contributed by atoms with Gasteiger partial charge in [0.05, 0.1) is 56.1 Å². The molecule has 2 aromatic carbocycles. The Kier molecular flexibility index (Phi) is 18.1. The molecule has 3 atom stereocenters. The monoisotopic (exact) mass is 967 g/mol. The van der Waals surface area contributed by atoms with Crippen molar-refractivity contribution in [3.8, 4) is 21.7 Å². The molecule has 4 heterocycles. The van der Waals surface area contributed by atoms with Crippen molar-refractivity contribution >= 4 is 73.6 Å². The first-order valence-corrected chi connectivity index (χ1v) is 25.2. The smallest absolute Gasteiger partial charge is 0.413 e. The van der Waals surface area contributed by atoms with Crippen LogP contribution in [0.15, 0.2) is 54.2 Å². The second-order valence-electron chi connectivity index (χ2n) is 18.8. The molecule has 1 fully saturated rings. The lowest BCUT2D eigenvalue weighted by Gasteiger charge is -2.35. The molecule has 3 aromatic heterocycles. The minimum atomic E-state index is -0.862. The number of anilines is 2. The zero-order chi connectivity index (χ0) is 49.0. The van der Waals surface area contributed by atoms with E-state index in [9.17, 15) is 29.1 Å². The summed E-state index contributed by atoms with van der Waals surface area (Å²) in [5.74, 6) is -0.679. The zero-order valence-corrected chi connectivity index (χ0v) is 41.8. The number of hydrogen-bond donors (Lipinski definition) is 5. The highest BCUT2D eigenvalue weighted by Crippen LogP contribution is 2.32. The van der Waals surface area contributed by atoms with Gasteiger partial charge in [-0.3, -0.25) is 29.5 Å². The number of fused-ring (bicyclic) bond motifs is 1. The molecule has 0 unspecified atom stereocenters. The Bertz CT molecular complexity index is 2540. The van der Waals surface area contributed by atoms with Gasteiger partial charge in [0.15, 0.2) is 10.9 Å². The molecule has 5 amide bonds. The van der Waals surface area contributed by atoms with E-state index in [1.807, 2.05) is 75.7 Å². The summed E-state index contributed by atoms with van der Waals surface area (Å²) in [7, 11) is 0. The molecule has 68 heavy (non-hydrogen) atoms. The maximum atomic E-state index is 14.0. The highest BCUT2D eigenvalue weighted by Gasteiger charge is 2.44. The molecule has 1 aliphatic heterocycles. The van der Waals surface area contributed by atoms with Crippen LogP contribution in [0.3, 0.4) is 0 Å². The number of β-amino-alcohol motifs (C(OH)–C–C–N with tert-alkyl or cyclic N) is 1. The number of carbonyl (C=O) groups is 5. The number of aliphatic hydroxyl groups is 1. The van der Waals surface area contributed by atoms with Crippen LogP contribution in [0.5, 0.6) is 0 Å². The Morgan fingerprint density at radius 2 is 1.50 bits per heavy atom. The lowest BCUT2D eigenvalue weighted by atomic mass is 9.85. The first kappa shape index (κ1) is 51.5. The molecule has 0 aliphatic carbocycles. The van der Waals surface area contributed by atoms with Gasteiger partial charge in [0, 0.05) is 37.9 Å². The van der Waals surface area contributed by atoms with Crippen LogP contribution in [0.4, 0.5) is 15.7 Å². The molecule has 6 rings (SSSR count). The van der Waals surface area contributed by atoms with Gasteiger partial charge < -0.3 is 30.7 Å². The number of nitrogens with zero attached hydrogens (tertiary/aromatic N) is 5. The molecule has 1 saturated heterocycles. The summed E-state index contributed by atoms with van der Waals surface area (Å²) in [6.45, 7) is 13.2. The van der Waals surface area contributed by atoms with Crippen molar-refractivity contribution in [2.24, 2.45) is 5.41 Å². The second kappa shape index (κ2) is 23.9. The summed E-state index contributed by atoms with van der Waals surface area (Å²) >= 11 is 2.96. The number of nitrogens with one attached hydrogen (secondary N) is 4. The number of unbranched alkanes of at least 4 members (excludes halogenated alkanes) is 7. The van der Waals surface area contributed by atoms with Crippen molar-refractivity contribution in [3.63, 3.8) is 0 Å². The predicted molar refractivity (Wildman–Crippen MR) is 267 cm³/mol. The van der Waals surface area contributed by atoms with Gasteiger partial charge in [0.2, 0.25) is 23.6 Å². The van der Waals surface area contributed by atoms with Crippen LogP contribution in [-0.4, -0.2) is 90.5 Å². The molecule has 0 radical (unpaired) electrons. The molecule has 16 nitrogen and oxygen atoms in total. The van der Waals surface area contributed by atoms with E-state index in [-0.39, 0.29) is 55.7 Å². The summed E-state index contributed by atoms with van der Waals surface area (Å²) in [5.41, 5.74) is 6.83. The van der Waals surface area contributed by atoms with Gasteiger partial charge in [0.25, 0.3) is 0 Å². The Labute approximate surface area is 406 Å². The minimum absolute atomic E-state index is 0.0237. The van der Waals surface area contributed by atoms with Gasteiger partial charge >= 0.3 is 6.09 Å². The Hall–Kier alpha value is -5.85. The maximum Gasteiger partial charge on any atom is 0.413 e. The van der Waals surface area contributed by atoms with Crippen LogP contribution in [0.25, 0.3) is 31.9 Å². The number of carbonyl (C=O) groups excluding carboxylic acids is 5. The number of aromatic nitrogens is 4. The van der Waals surface area contributed by atoms with Crippen molar-refractivity contribution in [2.75, 3.05) is 17.2 Å². The third kappa shape index (κ3) is 14.6. The molecule has 0 saturated carbocycles. The molecule has 0 spiro atoms. The quantitative estimate of drug-likeness (QED) is 0.0437. The lowest BCUT2D eigenvalue weighted by molar-refractivity contribution is -0.144. The summed E-state index contributed by atoms with van der Waals surface area (Å²) in [6.07, 6.45) is 8.09. The van der Waals surface area contributed by atoms with Gasteiger partial charge in [-0.15, -0.1) is 11.3 Å². The van der Waals surface area contributed by atoms with Gasteiger partial charge in [-0.1, -0.05) is 101 Å². The minimum Gasteiger partial charge on any atom is -0.447 e. The third-order valence-corrected chi connectivity index (χ3v) is 13.6. The highest BCUT2D eigenvalue weighted by molar-refractivity contribution is 7.22. The van der Waals surface area contributed by atoms with Crippen LogP contribution in [-0.2, 0) is 30.5 Å². The fourth-order valence-electron chi connectivity index (χ4n) is 8.01. The molecule has 0 bridgehead atoms. The van der Waals surface area contributed by atoms with E-state index in [1.165, 1.54) is 16.2 Å². The predicted octanol–water partition coefficient (Wildman–Crippen LogP) is 9.10. The number of amides is 5. The maximum absolute atomic E-state index is 14.0. The van der Waals surface area contributed by atoms with Crippen LogP contribution < -0.4 is 21.3 Å². The molecular weight excluding hydrogens is 903 g/mol. The molecular formula is C50H65N9O7S2. The van der Waals surface area contributed by atoms with Gasteiger partial charge in [-0.2, -0.15) is 0 Å². The van der Waals surface area contributed by atoms with Crippen molar-refractivity contribution in [1.82, 2.24) is 35.5 Å². The van der Waals surface area contributed by atoms with Gasteiger partial charge in [-0.05, 0) is 69.2 Å². The van der Waals surface area contributed by atoms with Crippen molar-refractivity contribution in [3.05, 3.63) is 71.1 Å². The van der Waals surface area contributed by atoms with E-state index in [2.05, 4.69) is 41.2 Å². The fourth-order valence-corrected chi connectivity index (χ4v) is 9.74. The van der Waals surface area contributed by atoms with Crippen molar-refractivity contribution in [1.29, 1.82) is 0 Å². The summed E-state index contributed by atoms with van der Waals surface area (Å²) < 4.78 is 6.06.